The van der Waals surface area contributed by atoms with E-state index >= 15 is 0 Å². The lowest BCUT2D eigenvalue weighted by atomic mass is 9.66. The van der Waals surface area contributed by atoms with Crippen molar-refractivity contribution in [1.82, 2.24) is 0 Å². The number of aliphatic hydroxyl groups excluding tert-OH is 1. The third-order valence-electron chi connectivity index (χ3n) is 6.92. The Hall–Kier alpha value is -0.940. The zero-order valence-corrected chi connectivity index (χ0v) is 22.3. The number of rotatable bonds is 11. The second-order valence-corrected chi connectivity index (χ2v) is 12.6. The maximum absolute atomic E-state index is 11.9. The highest BCUT2D eigenvalue weighted by atomic mass is 32.2. The van der Waals surface area contributed by atoms with E-state index < -0.39 is 33.5 Å². The fourth-order valence-corrected chi connectivity index (χ4v) is 6.70. The van der Waals surface area contributed by atoms with Crippen molar-refractivity contribution in [3.05, 3.63) is 47.0 Å². The molecule has 6 atom stereocenters. The minimum absolute atomic E-state index is 0.0155. The third kappa shape index (κ3) is 6.63. The van der Waals surface area contributed by atoms with Crippen LogP contribution in [-0.4, -0.2) is 67.3 Å². The molecule has 9 heteroatoms. The Morgan fingerprint density at radius 2 is 1.97 bits per heavy atom. The first-order chi connectivity index (χ1) is 15.9. The molecule has 0 radical (unpaired) electrons. The normalized spacial score (nSPS) is 33.5. The molecule has 0 spiro atoms. The summed E-state index contributed by atoms with van der Waals surface area (Å²) < 4.78 is 39.6. The van der Waals surface area contributed by atoms with Gasteiger partial charge in [-0.05, 0) is 51.2 Å². The van der Waals surface area contributed by atoms with Gasteiger partial charge in [0.05, 0.1) is 36.8 Å². The summed E-state index contributed by atoms with van der Waals surface area (Å²) in [7, 11) is -1.96. The van der Waals surface area contributed by atoms with Crippen LogP contribution >= 0.6 is 11.8 Å². The fourth-order valence-electron chi connectivity index (χ4n) is 5.08. The average Bonchev–Trinajstić information content (AvgIpc) is 3.43. The van der Waals surface area contributed by atoms with E-state index in [4.69, 9.17) is 13.7 Å². The number of thioether (sulfide) groups is 1. The van der Waals surface area contributed by atoms with Crippen molar-refractivity contribution in [3.8, 4) is 0 Å². The molecule has 1 saturated carbocycles. The summed E-state index contributed by atoms with van der Waals surface area (Å²) in [6.45, 7) is 6.10. The Balaban J connectivity index is 1.73. The van der Waals surface area contributed by atoms with Gasteiger partial charge in [-0.2, -0.15) is 20.2 Å². The molecule has 3 rings (SSSR count). The molecule has 34 heavy (non-hydrogen) atoms. The summed E-state index contributed by atoms with van der Waals surface area (Å²) in [5, 5.41) is 22.5. The Kier molecular flexibility index (Phi) is 8.93. The summed E-state index contributed by atoms with van der Waals surface area (Å²) in [4.78, 5) is 0. The highest BCUT2D eigenvalue weighted by molar-refractivity contribution is 7.98. The van der Waals surface area contributed by atoms with Crippen molar-refractivity contribution < 1.29 is 32.3 Å². The molecule has 192 valence electrons. The van der Waals surface area contributed by atoms with E-state index in [1.54, 1.807) is 18.9 Å². The maximum atomic E-state index is 11.9. The molecule has 1 heterocycles. The summed E-state index contributed by atoms with van der Waals surface area (Å²) >= 11 is 1.58. The van der Waals surface area contributed by atoms with E-state index in [9.17, 15) is 18.6 Å². The number of benzene rings is 1. The molecular formula is C25H38O7S2. The number of aliphatic hydroxyl groups is 2. The van der Waals surface area contributed by atoms with Crippen LogP contribution in [0.15, 0.2) is 35.9 Å². The monoisotopic (exact) mass is 514 g/mol. The number of epoxide rings is 1. The summed E-state index contributed by atoms with van der Waals surface area (Å²) in [5.74, 6) is 0.664. The van der Waals surface area contributed by atoms with Gasteiger partial charge in [0.1, 0.15) is 5.60 Å². The summed E-state index contributed by atoms with van der Waals surface area (Å²) in [6, 6.07) is 7.55. The van der Waals surface area contributed by atoms with Gasteiger partial charge in [-0.15, -0.1) is 0 Å². The van der Waals surface area contributed by atoms with Gasteiger partial charge in [0, 0.05) is 24.5 Å². The molecule has 1 saturated heterocycles. The van der Waals surface area contributed by atoms with Crippen LogP contribution < -0.4 is 0 Å². The number of hydrogen-bond donors (Lipinski definition) is 2. The van der Waals surface area contributed by atoms with Crippen molar-refractivity contribution in [3.63, 3.8) is 0 Å². The van der Waals surface area contributed by atoms with Gasteiger partial charge >= 0.3 is 0 Å². The number of hydrogen-bond acceptors (Lipinski definition) is 8. The lowest BCUT2D eigenvalue weighted by Gasteiger charge is -2.48. The van der Waals surface area contributed by atoms with Crippen LogP contribution in [0.5, 0.6) is 0 Å². The Morgan fingerprint density at radius 1 is 1.29 bits per heavy atom. The molecule has 7 nitrogen and oxygen atoms in total. The molecule has 2 N–H and O–H groups in total. The van der Waals surface area contributed by atoms with Crippen LogP contribution in [0.2, 0.25) is 0 Å². The molecule has 6 unspecified atom stereocenters. The van der Waals surface area contributed by atoms with Crippen molar-refractivity contribution in [2.45, 2.75) is 81.9 Å². The topological polar surface area (TPSA) is 106 Å². The zero-order valence-electron chi connectivity index (χ0n) is 20.7. The van der Waals surface area contributed by atoms with Crippen LogP contribution in [0.1, 0.15) is 51.2 Å². The van der Waals surface area contributed by atoms with Gasteiger partial charge in [0.15, 0.2) is 0 Å². The first kappa shape index (κ1) is 27.6. The largest absolute Gasteiger partial charge is 0.390 e. The van der Waals surface area contributed by atoms with Gasteiger partial charge in [0.25, 0.3) is 10.1 Å². The number of ether oxygens (including phenoxy) is 2. The average molecular weight is 515 g/mol. The first-order valence-electron chi connectivity index (χ1n) is 11.6. The standard InChI is InChI=1S/C25H38O7S2/c1-17(2)10-11-21-24(3,32-21)23-22(30-4)20(26)12-13-25(23,27)16-33-15-19-9-7-6-8-18(19)14-31-34(5,28)29/h6-10,20-23,26-27H,11-16H2,1-5H3. The zero-order chi connectivity index (χ0) is 25.1. The first-order valence-corrected chi connectivity index (χ1v) is 14.6. The van der Waals surface area contributed by atoms with Crippen molar-refractivity contribution in [1.29, 1.82) is 0 Å². The van der Waals surface area contributed by atoms with E-state index in [1.165, 1.54) is 5.57 Å². The van der Waals surface area contributed by atoms with Crippen LogP contribution in [0.4, 0.5) is 0 Å². The minimum atomic E-state index is -3.54. The van der Waals surface area contributed by atoms with Crippen LogP contribution in [0.25, 0.3) is 0 Å². The molecule has 1 aromatic carbocycles. The predicted octanol–water partition coefficient (Wildman–Crippen LogP) is 3.43. The maximum Gasteiger partial charge on any atom is 0.264 e. The van der Waals surface area contributed by atoms with Gasteiger partial charge in [-0.3, -0.25) is 4.18 Å². The molecule has 1 aromatic rings. The second-order valence-electron chi connectivity index (χ2n) is 9.92. The Morgan fingerprint density at radius 3 is 2.59 bits per heavy atom. The van der Waals surface area contributed by atoms with E-state index in [0.29, 0.717) is 24.3 Å². The molecule has 1 aliphatic carbocycles. The van der Waals surface area contributed by atoms with Crippen LogP contribution in [0.3, 0.4) is 0 Å². The van der Waals surface area contributed by atoms with Crippen LogP contribution in [0, 0.1) is 5.92 Å². The highest BCUT2D eigenvalue weighted by Gasteiger charge is 2.66. The fraction of sp³-hybridized carbons (Fsp3) is 0.680. The Bertz CT molecular complexity index is 975. The Labute approximate surface area is 208 Å². The SMILES string of the molecule is COC1C(O)CCC(O)(CSCc2ccccc2COS(C)(=O)=O)C1C1(C)OC1CC=C(C)C. The minimum Gasteiger partial charge on any atom is -0.390 e. The van der Waals surface area contributed by atoms with E-state index in [0.717, 1.165) is 23.8 Å². The summed E-state index contributed by atoms with van der Waals surface area (Å²) in [6.07, 6.45) is 3.66. The smallest absolute Gasteiger partial charge is 0.264 e. The molecule has 2 aliphatic rings. The van der Waals surface area contributed by atoms with E-state index in [1.807, 2.05) is 45.0 Å². The predicted molar refractivity (Wildman–Crippen MR) is 134 cm³/mol. The molecule has 0 amide bonds. The molecule has 1 aliphatic heterocycles. The van der Waals surface area contributed by atoms with Gasteiger partial charge < -0.3 is 19.7 Å². The van der Waals surface area contributed by atoms with Gasteiger partial charge in [-0.1, -0.05) is 35.9 Å². The lowest BCUT2D eigenvalue weighted by Crippen LogP contribution is -2.60. The summed E-state index contributed by atoms with van der Waals surface area (Å²) in [5.41, 5.74) is 1.33. The van der Waals surface area contributed by atoms with Crippen molar-refractivity contribution in [2.75, 3.05) is 19.1 Å². The number of allylic oxidation sites excluding steroid dienone is 1. The second kappa shape index (κ2) is 11.0. The third-order valence-corrected chi connectivity index (χ3v) is 8.69. The van der Waals surface area contributed by atoms with Gasteiger partial charge in [-0.25, -0.2) is 0 Å². The number of methoxy groups -OCH3 is 1. The lowest BCUT2D eigenvalue weighted by molar-refractivity contribution is -0.169. The van der Waals surface area contributed by atoms with E-state index in [2.05, 4.69) is 6.08 Å². The van der Waals surface area contributed by atoms with Gasteiger partial charge in [0.2, 0.25) is 0 Å². The quantitative estimate of drug-likeness (QED) is 0.263. The van der Waals surface area contributed by atoms with E-state index in [-0.39, 0.29) is 18.6 Å². The highest BCUT2D eigenvalue weighted by Crippen LogP contribution is 2.55. The molecule has 0 aromatic heterocycles. The van der Waals surface area contributed by atoms with Crippen LogP contribution in [-0.2, 0) is 36.1 Å². The van der Waals surface area contributed by atoms with Crippen molar-refractivity contribution in [2.24, 2.45) is 5.92 Å². The molecular weight excluding hydrogens is 476 g/mol. The molecule has 0 bridgehead atoms. The molecule has 2 fully saturated rings. The van der Waals surface area contributed by atoms with Crippen molar-refractivity contribution >= 4 is 21.9 Å².